The molecule has 0 saturated heterocycles. The molecule has 3 nitrogen and oxygen atoms in total. The monoisotopic (exact) mass is 297 g/mol. The lowest BCUT2D eigenvalue weighted by molar-refractivity contribution is 0.694. The third-order valence-electron chi connectivity index (χ3n) is 3.43. The van der Waals surface area contributed by atoms with Gasteiger partial charge in [0.15, 0.2) is 0 Å². The van der Waals surface area contributed by atoms with E-state index in [0.29, 0.717) is 0 Å². The average molecular weight is 297 g/mol. The summed E-state index contributed by atoms with van der Waals surface area (Å²) in [5.41, 5.74) is 3.51. The fourth-order valence-electron chi connectivity index (χ4n) is 2.29. The van der Waals surface area contributed by atoms with Gasteiger partial charge in [-0.25, -0.2) is 4.98 Å². The second kappa shape index (κ2) is 6.33. The molecule has 0 aliphatic rings. The molecule has 0 saturated carbocycles. The third kappa shape index (κ3) is 2.96. The van der Waals surface area contributed by atoms with Crippen LogP contribution in [0.2, 0.25) is 0 Å². The van der Waals surface area contributed by atoms with Gasteiger partial charge in [0.05, 0.1) is 5.69 Å². The Balaban J connectivity index is 2.02. The number of fused-ring (bicyclic) bond motifs is 1. The van der Waals surface area contributed by atoms with Gasteiger partial charge in [-0.2, -0.15) is 0 Å². The molecule has 0 amide bonds. The maximum atomic E-state index is 4.79. The minimum Gasteiger partial charge on any atom is -0.311 e. The second-order valence-corrected chi connectivity index (χ2v) is 5.97. The summed E-state index contributed by atoms with van der Waals surface area (Å²) in [4.78, 5) is 6.05. The Kier molecular flexibility index (Phi) is 4.27. The Labute approximate surface area is 129 Å². The molecule has 3 rings (SSSR count). The number of nitrogens with zero attached hydrogens (tertiary/aromatic N) is 2. The molecular formula is C17H19N3S. The molecule has 0 radical (unpaired) electrons. The molecular weight excluding hydrogens is 278 g/mol. The van der Waals surface area contributed by atoms with E-state index in [4.69, 9.17) is 4.98 Å². The maximum absolute atomic E-state index is 4.79. The lowest BCUT2D eigenvalue weighted by Gasteiger charge is -2.07. The van der Waals surface area contributed by atoms with Crippen molar-refractivity contribution in [2.45, 2.75) is 30.3 Å². The van der Waals surface area contributed by atoms with Crippen molar-refractivity contribution in [1.82, 2.24) is 14.7 Å². The zero-order valence-electron chi connectivity index (χ0n) is 12.3. The molecule has 0 bridgehead atoms. The zero-order chi connectivity index (χ0) is 14.7. The van der Waals surface area contributed by atoms with Crippen molar-refractivity contribution < 1.29 is 0 Å². The van der Waals surface area contributed by atoms with E-state index in [9.17, 15) is 0 Å². The zero-order valence-corrected chi connectivity index (χ0v) is 13.2. The van der Waals surface area contributed by atoms with Crippen LogP contribution in [-0.4, -0.2) is 15.9 Å². The standard InChI is InChI=1S/C17H19N3S/c1-3-18-12-14-17(19-16-10-6-7-11-20(14)16)21-15-9-5-4-8-13(15)2/h4-11,18H,3,12H2,1-2H3. The van der Waals surface area contributed by atoms with Crippen molar-refractivity contribution in [1.29, 1.82) is 0 Å². The number of hydrogen-bond donors (Lipinski definition) is 1. The first-order valence-corrected chi connectivity index (χ1v) is 8.01. The molecule has 1 N–H and O–H groups in total. The van der Waals surface area contributed by atoms with Crippen LogP contribution < -0.4 is 5.32 Å². The number of nitrogens with one attached hydrogen (secondary N) is 1. The molecule has 4 heteroatoms. The van der Waals surface area contributed by atoms with Crippen molar-refractivity contribution in [3.63, 3.8) is 0 Å². The van der Waals surface area contributed by atoms with Crippen LogP contribution >= 0.6 is 11.8 Å². The highest BCUT2D eigenvalue weighted by Gasteiger charge is 2.13. The molecule has 21 heavy (non-hydrogen) atoms. The predicted octanol–water partition coefficient (Wildman–Crippen LogP) is 3.90. The van der Waals surface area contributed by atoms with Gasteiger partial charge in [-0.3, -0.25) is 0 Å². The van der Waals surface area contributed by atoms with E-state index in [0.717, 1.165) is 23.8 Å². The smallest absolute Gasteiger partial charge is 0.138 e. The first kappa shape index (κ1) is 14.2. The number of aromatic nitrogens is 2. The van der Waals surface area contributed by atoms with Crippen molar-refractivity contribution in [2.24, 2.45) is 0 Å². The van der Waals surface area contributed by atoms with Crippen LogP contribution in [0, 0.1) is 6.92 Å². The van der Waals surface area contributed by atoms with Crippen LogP contribution in [-0.2, 0) is 6.54 Å². The number of benzene rings is 1. The number of hydrogen-bond acceptors (Lipinski definition) is 3. The normalized spacial score (nSPS) is 11.1. The van der Waals surface area contributed by atoms with Crippen molar-refractivity contribution in [3.05, 3.63) is 59.9 Å². The molecule has 0 spiro atoms. The summed E-state index contributed by atoms with van der Waals surface area (Å²) in [5.74, 6) is 0. The number of rotatable bonds is 5. The average Bonchev–Trinajstić information content (AvgIpc) is 2.85. The van der Waals surface area contributed by atoms with Gasteiger partial charge in [-0.1, -0.05) is 43.0 Å². The highest BCUT2D eigenvalue weighted by atomic mass is 32.2. The molecule has 0 unspecified atom stereocenters. The highest BCUT2D eigenvalue weighted by molar-refractivity contribution is 7.99. The molecule has 0 fully saturated rings. The Morgan fingerprint density at radius 3 is 2.76 bits per heavy atom. The van der Waals surface area contributed by atoms with Gasteiger partial charge >= 0.3 is 0 Å². The molecule has 0 aliphatic carbocycles. The first-order chi connectivity index (χ1) is 10.3. The van der Waals surface area contributed by atoms with E-state index in [1.165, 1.54) is 16.2 Å². The summed E-state index contributed by atoms with van der Waals surface area (Å²) >= 11 is 1.75. The van der Waals surface area contributed by atoms with E-state index in [2.05, 4.69) is 60.1 Å². The third-order valence-corrected chi connectivity index (χ3v) is 4.63. The van der Waals surface area contributed by atoms with Crippen LogP contribution in [0.25, 0.3) is 5.65 Å². The quantitative estimate of drug-likeness (QED) is 0.774. The van der Waals surface area contributed by atoms with E-state index in [1.807, 2.05) is 12.1 Å². The van der Waals surface area contributed by atoms with Gasteiger partial charge in [-0.15, -0.1) is 0 Å². The predicted molar refractivity (Wildman–Crippen MR) is 87.9 cm³/mol. The van der Waals surface area contributed by atoms with E-state index in [-0.39, 0.29) is 0 Å². The number of pyridine rings is 1. The summed E-state index contributed by atoms with van der Waals surface area (Å²) in [7, 11) is 0. The van der Waals surface area contributed by atoms with E-state index < -0.39 is 0 Å². The molecule has 0 aliphatic heterocycles. The Morgan fingerprint density at radius 1 is 1.14 bits per heavy atom. The summed E-state index contributed by atoms with van der Waals surface area (Å²) < 4.78 is 2.17. The molecule has 0 atom stereocenters. The van der Waals surface area contributed by atoms with Gasteiger partial charge in [0.25, 0.3) is 0 Å². The lowest BCUT2D eigenvalue weighted by atomic mass is 10.2. The summed E-state index contributed by atoms with van der Waals surface area (Å²) in [5, 5.41) is 4.49. The highest BCUT2D eigenvalue weighted by Crippen LogP contribution is 2.32. The van der Waals surface area contributed by atoms with Gasteiger partial charge in [0.1, 0.15) is 10.7 Å². The molecule has 3 aromatic rings. The number of aryl methyl sites for hydroxylation is 1. The summed E-state index contributed by atoms with van der Waals surface area (Å²) in [6, 6.07) is 14.6. The summed E-state index contributed by atoms with van der Waals surface area (Å²) in [6.07, 6.45) is 2.08. The minimum atomic E-state index is 0.829. The lowest BCUT2D eigenvalue weighted by Crippen LogP contribution is -2.13. The van der Waals surface area contributed by atoms with Crippen LogP contribution in [0.5, 0.6) is 0 Å². The fourth-order valence-corrected chi connectivity index (χ4v) is 3.30. The summed E-state index contributed by atoms with van der Waals surface area (Å²) in [6.45, 7) is 6.05. The van der Waals surface area contributed by atoms with Crippen molar-refractivity contribution >= 4 is 17.4 Å². The molecule has 2 heterocycles. The first-order valence-electron chi connectivity index (χ1n) is 7.19. The van der Waals surface area contributed by atoms with Crippen LogP contribution in [0.3, 0.4) is 0 Å². The second-order valence-electron chi connectivity index (χ2n) is 4.94. The Hall–Kier alpha value is -1.78. The Morgan fingerprint density at radius 2 is 1.95 bits per heavy atom. The van der Waals surface area contributed by atoms with E-state index >= 15 is 0 Å². The topological polar surface area (TPSA) is 29.3 Å². The molecule has 2 aromatic heterocycles. The van der Waals surface area contributed by atoms with Crippen LogP contribution in [0.15, 0.2) is 58.6 Å². The van der Waals surface area contributed by atoms with Crippen molar-refractivity contribution in [2.75, 3.05) is 6.54 Å². The van der Waals surface area contributed by atoms with E-state index in [1.54, 1.807) is 11.8 Å². The van der Waals surface area contributed by atoms with Crippen LogP contribution in [0.1, 0.15) is 18.2 Å². The van der Waals surface area contributed by atoms with Crippen molar-refractivity contribution in [3.8, 4) is 0 Å². The SMILES string of the molecule is CCNCc1c(Sc2ccccc2C)nc2ccccn12. The molecule has 1 aromatic carbocycles. The van der Waals surface area contributed by atoms with Gasteiger partial charge in [0.2, 0.25) is 0 Å². The van der Waals surface area contributed by atoms with Gasteiger partial charge in [0, 0.05) is 17.6 Å². The molecule has 108 valence electrons. The minimum absolute atomic E-state index is 0.829. The van der Waals surface area contributed by atoms with Gasteiger partial charge < -0.3 is 9.72 Å². The largest absolute Gasteiger partial charge is 0.311 e. The fraction of sp³-hybridized carbons (Fsp3) is 0.235. The van der Waals surface area contributed by atoms with Crippen LogP contribution in [0.4, 0.5) is 0 Å². The Bertz CT molecular complexity index is 749. The maximum Gasteiger partial charge on any atom is 0.138 e. The number of imidazole rings is 1. The van der Waals surface area contributed by atoms with Gasteiger partial charge in [-0.05, 0) is 37.2 Å².